The van der Waals surface area contributed by atoms with Crippen LogP contribution in [0.3, 0.4) is 0 Å². The summed E-state index contributed by atoms with van der Waals surface area (Å²) in [4.78, 5) is 32.8. The molecule has 0 fully saturated rings. The Balaban J connectivity index is 3.91. The number of carboxylic acid groups (broad SMARTS) is 1. The molecule has 0 rings (SSSR count). The molecule has 110 valence electrons. The summed E-state index contributed by atoms with van der Waals surface area (Å²) in [6.07, 6.45) is 1.73. The van der Waals surface area contributed by atoms with Crippen LogP contribution in [0.2, 0.25) is 0 Å². The van der Waals surface area contributed by atoms with E-state index in [0.717, 1.165) is 0 Å². The molecular formula is C12H23N3O4. The van der Waals surface area contributed by atoms with Crippen LogP contribution in [0.1, 0.15) is 39.5 Å². The highest BCUT2D eigenvalue weighted by atomic mass is 16.4. The normalized spacial score (nSPS) is 15.3. The zero-order valence-corrected chi connectivity index (χ0v) is 11.4. The van der Waals surface area contributed by atoms with Crippen LogP contribution in [0, 0.1) is 5.92 Å². The van der Waals surface area contributed by atoms with Crippen LogP contribution in [-0.4, -0.2) is 35.0 Å². The van der Waals surface area contributed by atoms with E-state index < -0.39 is 23.8 Å². The summed E-state index contributed by atoms with van der Waals surface area (Å²) in [6, 6.07) is -1.05. The molecule has 0 aliphatic heterocycles. The second-order valence-electron chi connectivity index (χ2n) is 4.86. The lowest BCUT2D eigenvalue weighted by atomic mass is 10.0. The monoisotopic (exact) mass is 273 g/mol. The predicted octanol–water partition coefficient (Wildman–Crippen LogP) is -0.415. The van der Waals surface area contributed by atoms with Crippen LogP contribution in [0.4, 0.5) is 0 Å². The first-order chi connectivity index (χ1) is 8.73. The Morgan fingerprint density at radius 3 is 2.26 bits per heavy atom. The van der Waals surface area contributed by atoms with Crippen LogP contribution < -0.4 is 16.8 Å². The number of amides is 2. The quantitative estimate of drug-likeness (QED) is 0.452. The Bertz CT molecular complexity index is 333. The van der Waals surface area contributed by atoms with Gasteiger partial charge in [0.2, 0.25) is 11.8 Å². The van der Waals surface area contributed by atoms with Crippen LogP contribution in [0.25, 0.3) is 0 Å². The van der Waals surface area contributed by atoms with Crippen molar-refractivity contribution in [2.24, 2.45) is 17.4 Å². The molecule has 7 nitrogen and oxygen atoms in total. The zero-order valence-electron chi connectivity index (χ0n) is 11.4. The van der Waals surface area contributed by atoms with Crippen LogP contribution >= 0.6 is 0 Å². The molecule has 6 N–H and O–H groups in total. The van der Waals surface area contributed by atoms with Gasteiger partial charge in [0, 0.05) is 6.04 Å². The molecule has 0 aliphatic rings. The Hall–Kier alpha value is -1.63. The molecule has 0 aromatic carbocycles. The van der Waals surface area contributed by atoms with Crippen molar-refractivity contribution in [2.45, 2.75) is 51.6 Å². The van der Waals surface area contributed by atoms with Gasteiger partial charge in [-0.05, 0) is 19.8 Å². The van der Waals surface area contributed by atoms with Crippen LogP contribution in [0.15, 0.2) is 0 Å². The Morgan fingerprint density at radius 1 is 1.21 bits per heavy atom. The maximum absolute atomic E-state index is 11.6. The molecule has 0 saturated heterocycles. The molecule has 0 heterocycles. The summed E-state index contributed by atoms with van der Waals surface area (Å²) >= 11 is 0. The molecule has 0 saturated carbocycles. The van der Waals surface area contributed by atoms with Gasteiger partial charge in [0.05, 0.1) is 18.4 Å². The molecule has 0 radical (unpaired) electrons. The molecule has 0 aliphatic carbocycles. The number of hydrogen-bond donors (Lipinski definition) is 4. The first-order valence-electron chi connectivity index (χ1n) is 6.31. The van der Waals surface area contributed by atoms with Gasteiger partial charge >= 0.3 is 5.97 Å². The van der Waals surface area contributed by atoms with Gasteiger partial charge in [0.25, 0.3) is 0 Å². The maximum Gasteiger partial charge on any atom is 0.306 e. The van der Waals surface area contributed by atoms with Crippen molar-refractivity contribution in [1.82, 2.24) is 5.32 Å². The lowest BCUT2D eigenvalue weighted by Crippen LogP contribution is -2.46. The maximum atomic E-state index is 11.6. The van der Waals surface area contributed by atoms with Crippen LogP contribution in [0.5, 0.6) is 0 Å². The third-order valence-corrected chi connectivity index (χ3v) is 2.84. The molecule has 7 heteroatoms. The van der Waals surface area contributed by atoms with Crippen LogP contribution in [-0.2, 0) is 14.4 Å². The van der Waals surface area contributed by atoms with E-state index in [9.17, 15) is 14.4 Å². The lowest BCUT2D eigenvalue weighted by molar-refractivity contribution is -0.141. The van der Waals surface area contributed by atoms with Crippen molar-refractivity contribution in [2.75, 3.05) is 0 Å². The second-order valence-corrected chi connectivity index (χ2v) is 4.86. The number of carbonyl (C=O) groups excluding carboxylic acids is 2. The summed E-state index contributed by atoms with van der Waals surface area (Å²) in [7, 11) is 0. The topological polar surface area (TPSA) is 136 Å². The first-order valence-corrected chi connectivity index (χ1v) is 6.31. The Kier molecular flexibility index (Phi) is 7.74. The molecular weight excluding hydrogens is 250 g/mol. The van der Waals surface area contributed by atoms with E-state index in [2.05, 4.69) is 5.32 Å². The van der Waals surface area contributed by atoms with Gasteiger partial charge in [0.15, 0.2) is 0 Å². The second kappa shape index (κ2) is 8.47. The highest BCUT2D eigenvalue weighted by Gasteiger charge is 2.18. The standard InChI is InChI=1S/C12H23N3O4/c1-7(12(18)19)4-3-5-8(2)15-11(17)9(13)6-10(14)16/h7-9H,3-6,13H2,1-2H3,(H2,14,16)(H,15,17)(H,18,19). The number of primary amides is 1. The highest BCUT2D eigenvalue weighted by molar-refractivity contribution is 5.87. The summed E-state index contributed by atoms with van der Waals surface area (Å²) in [5, 5.41) is 11.4. The first kappa shape index (κ1) is 17.4. The van der Waals surface area contributed by atoms with Crippen molar-refractivity contribution < 1.29 is 19.5 Å². The van der Waals surface area contributed by atoms with Crippen molar-refractivity contribution in [3.05, 3.63) is 0 Å². The number of nitrogens with two attached hydrogens (primary N) is 2. The average molecular weight is 273 g/mol. The van der Waals surface area contributed by atoms with Gasteiger partial charge in [-0.15, -0.1) is 0 Å². The lowest BCUT2D eigenvalue weighted by Gasteiger charge is -2.17. The summed E-state index contributed by atoms with van der Waals surface area (Å²) in [6.45, 7) is 3.45. The minimum atomic E-state index is -0.933. The average Bonchev–Trinajstić information content (AvgIpc) is 2.27. The molecule has 3 atom stereocenters. The van der Waals surface area contributed by atoms with Gasteiger partial charge in [-0.25, -0.2) is 0 Å². The number of carbonyl (C=O) groups is 3. The van der Waals surface area contributed by atoms with Crippen molar-refractivity contribution in [3.63, 3.8) is 0 Å². The number of aliphatic carboxylic acids is 1. The minimum absolute atomic E-state index is 0.118. The van der Waals surface area contributed by atoms with E-state index >= 15 is 0 Å². The summed E-state index contributed by atoms with van der Waals surface area (Å²) in [5.41, 5.74) is 10.4. The summed E-state index contributed by atoms with van der Waals surface area (Å²) in [5.74, 6) is -2.25. The molecule has 0 aromatic heterocycles. The highest BCUT2D eigenvalue weighted by Crippen LogP contribution is 2.09. The molecule has 0 spiro atoms. The van der Waals surface area contributed by atoms with Crippen molar-refractivity contribution >= 4 is 17.8 Å². The van der Waals surface area contributed by atoms with Gasteiger partial charge < -0.3 is 21.9 Å². The third-order valence-electron chi connectivity index (χ3n) is 2.84. The Labute approximate surface area is 112 Å². The fourth-order valence-corrected chi connectivity index (χ4v) is 1.59. The molecule has 2 amide bonds. The largest absolute Gasteiger partial charge is 0.481 e. The number of nitrogens with one attached hydrogen (secondary N) is 1. The number of carboxylic acids is 1. The predicted molar refractivity (Wildman–Crippen MR) is 70.0 cm³/mol. The van der Waals surface area contributed by atoms with E-state index in [1.165, 1.54) is 0 Å². The molecule has 0 bridgehead atoms. The number of hydrogen-bond acceptors (Lipinski definition) is 4. The van der Waals surface area contributed by atoms with Gasteiger partial charge in [-0.2, -0.15) is 0 Å². The number of rotatable bonds is 9. The van der Waals surface area contributed by atoms with Gasteiger partial charge in [0.1, 0.15) is 0 Å². The van der Waals surface area contributed by atoms with E-state index in [1.807, 2.05) is 0 Å². The Morgan fingerprint density at radius 2 is 1.79 bits per heavy atom. The molecule has 0 aromatic rings. The zero-order chi connectivity index (χ0) is 15.0. The van der Waals surface area contributed by atoms with E-state index in [1.54, 1.807) is 13.8 Å². The fourth-order valence-electron chi connectivity index (χ4n) is 1.59. The van der Waals surface area contributed by atoms with Gasteiger partial charge in [-0.3, -0.25) is 14.4 Å². The van der Waals surface area contributed by atoms with E-state index in [0.29, 0.717) is 19.3 Å². The third kappa shape index (κ3) is 8.15. The van der Waals surface area contributed by atoms with Gasteiger partial charge in [-0.1, -0.05) is 13.3 Å². The minimum Gasteiger partial charge on any atom is -0.481 e. The SMILES string of the molecule is CC(CCCC(C)C(=O)O)NC(=O)C(N)CC(N)=O. The molecule has 19 heavy (non-hydrogen) atoms. The van der Waals surface area contributed by atoms with Crippen molar-refractivity contribution in [3.8, 4) is 0 Å². The van der Waals surface area contributed by atoms with E-state index in [4.69, 9.17) is 16.6 Å². The molecule has 3 unspecified atom stereocenters. The fraction of sp³-hybridized carbons (Fsp3) is 0.750. The van der Waals surface area contributed by atoms with Crippen molar-refractivity contribution in [1.29, 1.82) is 0 Å². The smallest absolute Gasteiger partial charge is 0.306 e. The van der Waals surface area contributed by atoms with E-state index in [-0.39, 0.29) is 18.4 Å². The summed E-state index contributed by atoms with van der Waals surface area (Å²) < 4.78 is 0.